The Kier molecular flexibility index (Phi) is 1.11. The van der Waals surface area contributed by atoms with Crippen LogP contribution in [-0.2, 0) is 0 Å². The van der Waals surface area contributed by atoms with Crippen LogP contribution in [0, 0.1) is 0 Å². The monoisotopic (exact) mass is 111 g/mol. The minimum atomic E-state index is 1.58. The van der Waals surface area contributed by atoms with Crippen LogP contribution in [-0.4, -0.2) is 16.1 Å². The molecule has 0 atom stereocenters. The summed E-state index contributed by atoms with van der Waals surface area (Å²) < 4.78 is 1.58. The Morgan fingerprint density at radius 1 is 1.71 bits per heavy atom. The first-order valence-corrected chi connectivity index (χ1v) is 2.20. The van der Waals surface area contributed by atoms with Crippen LogP contribution in [0.3, 0.4) is 0 Å². The maximum atomic E-state index is 4.45. The standard InChI is InChI=1S/C4H3N2S/c7-4-6-2-1-5-3-6/h1-3H/q+1. The molecular formula is C4H3N2S+. The van der Waals surface area contributed by atoms with E-state index in [0.29, 0.717) is 0 Å². The minimum absolute atomic E-state index is 1.58. The molecule has 0 bridgehead atoms. The molecule has 0 unspecified atom stereocenters. The van der Waals surface area contributed by atoms with E-state index >= 15 is 0 Å². The van der Waals surface area contributed by atoms with E-state index in [0.717, 1.165) is 0 Å². The molecule has 1 rings (SSSR count). The van der Waals surface area contributed by atoms with Gasteiger partial charge in [0.25, 0.3) is 6.34 Å². The van der Waals surface area contributed by atoms with Gasteiger partial charge in [0, 0.05) is 12.2 Å². The van der Waals surface area contributed by atoms with Gasteiger partial charge in [0.2, 0.25) is 0 Å². The Hall–Kier alpha value is -0.790. The van der Waals surface area contributed by atoms with Gasteiger partial charge in [0.15, 0.2) is 11.4 Å². The molecule has 0 radical (unpaired) electrons. The van der Waals surface area contributed by atoms with E-state index in [1.54, 1.807) is 23.3 Å². The number of isothiocyanates is 1. The second kappa shape index (κ2) is 1.78. The zero-order valence-electron chi connectivity index (χ0n) is 3.53. The van der Waals surface area contributed by atoms with E-state index < -0.39 is 0 Å². The van der Waals surface area contributed by atoms with Crippen molar-refractivity contribution in [1.29, 1.82) is 0 Å². The fraction of sp³-hybridized carbons (Fsp3) is 0. The zero-order chi connectivity index (χ0) is 5.11. The van der Waals surface area contributed by atoms with Crippen LogP contribution in [0.2, 0.25) is 0 Å². The number of thiocarbonyl (C=S) groups is 1. The second-order valence-electron chi connectivity index (χ2n) is 1.06. The van der Waals surface area contributed by atoms with E-state index in [9.17, 15) is 0 Å². The molecule has 1 aliphatic rings. The number of rotatable bonds is 0. The van der Waals surface area contributed by atoms with Crippen molar-refractivity contribution < 1.29 is 4.58 Å². The predicted molar refractivity (Wildman–Crippen MR) is 30.5 cm³/mol. The lowest BCUT2D eigenvalue weighted by molar-refractivity contribution is -0.298. The van der Waals surface area contributed by atoms with E-state index in [1.165, 1.54) is 0 Å². The van der Waals surface area contributed by atoms with Gasteiger partial charge in [0.1, 0.15) is 6.20 Å². The van der Waals surface area contributed by atoms with Gasteiger partial charge in [-0.25, -0.2) is 0 Å². The van der Waals surface area contributed by atoms with Crippen molar-refractivity contribution in [2.75, 3.05) is 0 Å². The summed E-state index contributed by atoms with van der Waals surface area (Å²) in [6.45, 7) is 0. The first kappa shape index (κ1) is 4.37. The first-order chi connectivity index (χ1) is 3.43. The van der Waals surface area contributed by atoms with E-state index in [4.69, 9.17) is 0 Å². The lowest BCUT2D eigenvalue weighted by Crippen LogP contribution is -1.90. The molecule has 3 heteroatoms. The normalized spacial score (nSPS) is 15.1. The predicted octanol–water partition coefficient (Wildman–Crippen LogP) is 0.615. The molecule has 0 saturated heterocycles. The van der Waals surface area contributed by atoms with Crippen molar-refractivity contribution in [1.82, 2.24) is 0 Å². The number of hydrogen-bond acceptors (Lipinski definition) is 2. The Morgan fingerprint density at radius 3 is 2.86 bits per heavy atom. The number of nitrogens with zero attached hydrogens (tertiary/aromatic N) is 2. The van der Waals surface area contributed by atoms with Gasteiger partial charge >= 0.3 is 0 Å². The molecule has 2 nitrogen and oxygen atoms in total. The summed E-state index contributed by atoms with van der Waals surface area (Å²) in [5.74, 6) is 0. The highest BCUT2D eigenvalue weighted by Crippen LogP contribution is 1.82. The zero-order valence-corrected chi connectivity index (χ0v) is 4.35. The average Bonchev–Trinajstić information content (AvgIpc) is 2.14. The molecule has 0 spiro atoms. The quantitative estimate of drug-likeness (QED) is 0.330. The Bertz CT molecular complexity index is 160. The van der Waals surface area contributed by atoms with Gasteiger partial charge in [-0.3, -0.25) is 0 Å². The van der Waals surface area contributed by atoms with Gasteiger partial charge in [-0.15, -0.1) is 4.58 Å². The summed E-state index contributed by atoms with van der Waals surface area (Å²) in [7, 11) is 0. The van der Waals surface area contributed by atoms with Gasteiger partial charge in [-0.2, -0.15) is 0 Å². The Balaban J connectivity index is 3.00. The Morgan fingerprint density at radius 2 is 2.57 bits per heavy atom. The molecule has 34 valence electrons. The van der Waals surface area contributed by atoms with Crippen molar-refractivity contribution in [3.8, 4) is 0 Å². The van der Waals surface area contributed by atoms with Gasteiger partial charge in [0.05, 0.1) is 0 Å². The molecule has 0 aromatic carbocycles. The topological polar surface area (TPSA) is 15.4 Å². The van der Waals surface area contributed by atoms with Gasteiger partial charge in [-0.1, -0.05) is 4.99 Å². The molecule has 0 aromatic rings. The summed E-state index contributed by atoms with van der Waals surface area (Å²) in [5, 5.41) is 2.44. The van der Waals surface area contributed by atoms with E-state index in [-0.39, 0.29) is 0 Å². The maximum absolute atomic E-state index is 4.45. The highest BCUT2D eigenvalue weighted by atomic mass is 32.1. The van der Waals surface area contributed by atoms with Crippen molar-refractivity contribution in [2.24, 2.45) is 4.99 Å². The number of aliphatic imine (C=N–C) groups is 1. The van der Waals surface area contributed by atoms with Crippen LogP contribution in [0.15, 0.2) is 17.4 Å². The van der Waals surface area contributed by atoms with Crippen LogP contribution in [0.1, 0.15) is 0 Å². The lowest BCUT2D eigenvalue weighted by Gasteiger charge is -1.66. The molecule has 0 fully saturated rings. The molecule has 1 heterocycles. The minimum Gasteiger partial charge on any atom is -0.150 e. The van der Waals surface area contributed by atoms with Gasteiger partial charge < -0.3 is 0 Å². The lowest BCUT2D eigenvalue weighted by atomic mass is 10.9. The van der Waals surface area contributed by atoms with Crippen LogP contribution in [0.4, 0.5) is 0 Å². The summed E-state index contributed by atoms with van der Waals surface area (Å²) in [6.07, 6.45) is 4.97. The largest absolute Gasteiger partial charge is 0.299 e. The highest BCUT2D eigenvalue weighted by molar-refractivity contribution is 7.78. The molecule has 0 amide bonds. The summed E-state index contributed by atoms with van der Waals surface area (Å²) >= 11 is 4.45. The van der Waals surface area contributed by atoms with Gasteiger partial charge in [-0.05, 0) is 0 Å². The molecular weight excluding hydrogens is 108 g/mol. The van der Waals surface area contributed by atoms with E-state index in [2.05, 4.69) is 22.4 Å². The third kappa shape index (κ3) is 0.796. The van der Waals surface area contributed by atoms with Crippen molar-refractivity contribution in [2.45, 2.75) is 0 Å². The maximum Gasteiger partial charge on any atom is 0.299 e. The smallest absolute Gasteiger partial charge is 0.150 e. The van der Waals surface area contributed by atoms with Crippen molar-refractivity contribution in [3.05, 3.63) is 12.4 Å². The van der Waals surface area contributed by atoms with E-state index in [1.807, 2.05) is 0 Å². The fourth-order valence-corrected chi connectivity index (χ4v) is 0.421. The van der Waals surface area contributed by atoms with Crippen LogP contribution >= 0.6 is 12.2 Å². The SMILES string of the molecule is S=C=[N+]1C=CN=C1. The molecule has 0 saturated carbocycles. The molecule has 0 N–H and O–H groups in total. The molecule has 7 heavy (non-hydrogen) atoms. The molecule has 0 aliphatic carbocycles. The number of hydrogen-bond donors (Lipinski definition) is 0. The average molecular weight is 111 g/mol. The van der Waals surface area contributed by atoms with Crippen LogP contribution in [0.25, 0.3) is 0 Å². The molecule has 0 aromatic heterocycles. The Labute approximate surface area is 46.5 Å². The van der Waals surface area contributed by atoms with Crippen molar-refractivity contribution >= 4 is 23.7 Å². The van der Waals surface area contributed by atoms with Crippen LogP contribution < -0.4 is 0 Å². The van der Waals surface area contributed by atoms with Crippen LogP contribution in [0.5, 0.6) is 0 Å². The second-order valence-corrected chi connectivity index (χ2v) is 1.24. The molecule has 1 aliphatic heterocycles. The fourth-order valence-electron chi connectivity index (χ4n) is 0.313. The third-order valence-electron chi connectivity index (χ3n) is 0.610. The third-order valence-corrected chi connectivity index (χ3v) is 0.821. The first-order valence-electron chi connectivity index (χ1n) is 1.79. The summed E-state index contributed by atoms with van der Waals surface area (Å²) in [5.41, 5.74) is 0. The van der Waals surface area contributed by atoms with Crippen molar-refractivity contribution in [3.63, 3.8) is 0 Å². The highest BCUT2D eigenvalue weighted by Gasteiger charge is 1.94. The summed E-state index contributed by atoms with van der Waals surface area (Å²) in [6, 6.07) is 0. The summed E-state index contributed by atoms with van der Waals surface area (Å²) in [4.78, 5) is 3.73.